The van der Waals surface area contributed by atoms with E-state index in [0.717, 1.165) is 49.0 Å². The van der Waals surface area contributed by atoms with Crippen LogP contribution in [0, 0.1) is 11.8 Å². The van der Waals surface area contributed by atoms with E-state index in [9.17, 15) is 22.8 Å². The summed E-state index contributed by atoms with van der Waals surface area (Å²) in [6, 6.07) is 6.99. The number of hydrogen-bond acceptors (Lipinski definition) is 11. The molecule has 56 heavy (non-hydrogen) atoms. The van der Waals surface area contributed by atoms with E-state index in [4.69, 9.17) is 11.6 Å². The summed E-state index contributed by atoms with van der Waals surface area (Å²) in [6.45, 7) is 5.67. The minimum atomic E-state index is -3.69. The van der Waals surface area contributed by atoms with Crippen LogP contribution in [0.5, 0.6) is 0 Å². The molecule has 6 heterocycles. The van der Waals surface area contributed by atoms with Crippen molar-refractivity contribution in [1.82, 2.24) is 33.9 Å². The van der Waals surface area contributed by atoms with Crippen molar-refractivity contribution >= 4 is 61.8 Å². The van der Waals surface area contributed by atoms with E-state index in [1.54, 1.807) is 27.7 Å². The minimum Gasteiger partial charge on any atom is -0.354 e. The number of aryl methyl sites for hydroxylation is 1. The molecule has 2 N–H and O–H groups in total. The molecule has 296 valence electrons. The molecule has 1 unspecified atom stereocenters. The number of carbonyl (C=O) groups is 2. The third kappa shape index (κ3) is 8.25. The fraction of sp³-hybridized carbons (Fsp3) is 0.487. The van der Waals surface area contributed by atoms with Crippen molar-refractivity contribution in [2.45, 2.75) is 101 Å². The summed E-state index contributed by atoms with van der Waals surface area (Å²) in [5, 5.41) is 10.9. The maximum atomic E-state index is 13.5. The van der Waals surface area contributed by atoms with Crippen LogP contribution in [0.25, 0.3) is 11.0 Å². The van der Waals surface area contributed by atoms with Gasteiger partial charge in [0.15, 0.2) is 0 Å². The number of unbranched alkanes of at least 4 members (excludes halogenated alkanes) is 4. The second-order valence-electron chi connectivity index (χ2n) is 14.9. The molecule has 0 spiro atoms. The number of nitrogens with one attached hydrogen (secondary N) is 2. The topological polar surface area (TPSA) is 168 Å². The van der Waals surface area contributed by atoms with Gasteiger partial charge >= 0.3 is 0 Å². The van der Waals surface area contributed by atoms with Gasteiger partial charge in [-0.2, -0.15) is 14.4 Å². The third-order valence-corrected chi connectivity index (χ3v) is 12.7. The number of sulfonamides is 1. The number of pyridine rings is 1. The summed E-state index contributed by atoms with van der Waals surface area (Å²) < 4.78 is 31.7. The van der Waals surface area contributed by atoms with Gasteiger partial charge < -0.3 is 15.1 Å². The third-order valence-electron chi connectivity index (χ3n) is 10.6. The molecule has 2 fully saturated rings. The number of fused-ring (bicyclic) bond motifs is 2. The van der Waals surface area contributed by atoms with Crippen molar-refractivity contribution in [2.75, 3.05) is 41.9 Å². The smallest absolute Gasteiger partial charge is 0.271 e. The summed E-state index contributed by atoms with van der Waals surface area (Å²) in [5.74, 6) is 6.57. The molecule has 1 atom stereocenters. The number of rotatable bonds is 12. The first kappa shape index (κ1) is 39.3. The Balaban J connectivity index is 0.846. The zero-order chi connectivity index (χ0) is 39.6. The Morgan fingerprint density at radius 2 is 1.84 bits per heavy atom. The fourth-order valence-corrected chi connectivity index (χ4v) is 9.33. The predicted octanol–water partition coefficient (Wildman–Crippen LogP) is 4.51. The van der Waals surface area contributed by atoms with Crippen molar-refractivity contribution in [3.05, 3.63) is 63.8 Å². The van der Waals surface area contributed by atoms with Crippen molar-refractivity contribution in [3.63, 3.8) is 0 Å². The Hall–Kier alpha value is -4.98. The first-order chi connectivity index (χ1) is 26.9. The average molecular weight is 803 g/mol. The van der Waals surface area contributed by atoms with Crippen molar-refractivity contribution < 1.29 is 18.0 Å². The van der Waals surface area contributed by atoms with Crippen LogP contribution >= 0.6 is 11.6 Å². The van der Waals surface area contributed by atoms with Crippen LogP contribution in [-0.4, -0.2) is 87.7 Å². The zero-order valence-electron chi connectivity index (χ0n) is 31.9. The van der Waals surface area contributed by atoms with Gasteiger partial charge in [-0.1, -0.05) is 42.3 Å². The Labute approximate surface area is 331 Å². The monoisotopic (exact) mass is 802 g/mol. The second kappa shape index (κ2) is 16.6. The van der Waals surface area contributed by atoms with E-state index < -0.39 is 10.0 Å². The molecular formula is C39H47ClN10O5S. The van der Waals surface area contributed by atoms with Gasteiger partial charge in [0.2, 0.25) is 27.8 Å². The summed E-state index contributed by atoms with van der Waals surface area (Å²) in [4.78, 5) is 50.2. The van der Waals surface area contributed by atoms with Crippen molar-refractivity contribution in [3.8, 4) is 11.8 Å². The molecule has 3 aliphatic rings. The first-order valence-corrected chi connectivity index (χ1v) is 21.0. The van der Waals surface area contributed by atoms with Crippen LogP contribution in [0.4, 0.5) is 17.3 Å². The van der Waals surface area contributed by atoms with Crippen LogP contribution in [0.1, 0.15) is 83.2 Å². The number of imide groups is 1. The zero-order valence-corrected chi connectivity index (χ0v) is 33.4. The highest BCUT2D eigenvalue weighted by Crippen LogP contribution is 2.40. The molecule has 2 saturated heterocycles. The van der Waals surface area contributed by atoms with E-state index in [2.05, 4.69) is 47.3 Å². The number of benzene rings is 1. The number of piperidine rings is 2. The quantitative estimate of drug-likeness (QED) is 0.118. The summed E-state index contributed by atoms with van der Waals surface area (Å²) in [5.41, 5.74) is 3.08. The van der Waals surface area contributed by atoms with Crippen LogP contribution in [-0.2, 0) is 26.2 Å². The van der Waals surface area contributed by atoms with Gasteiger partial charge in [0.05, 0.1) is 29.8 Å². The van der Waals surface area contributed by atoms with Crippen LogP contribution in [0.3, 0.4) is 0 Å². The molecule has 0 saturated carbocycles. The number of carbonyl (C=O) groups excluding carboxylic acids is 2. The molecule has 0 bridgehead atoms. The van der Waals surface area contributed by atoms with Crippen molar-refractivity contribution in [2.24, 2.45) is 0 Å². The predicted molar refractivity (Wildman–Crippen MR) is 215 cm³/mol. The molecule has 3 aliphatic heterocycles. The largest absolute Gasteiger partial charge is 0.354 e. The number of aromatic nitrogens is 5. The molecule has 2 amide bonds. The number of amides is 2. The number of nitrogens with zero attached hydrogens (tertiary/aromatic N) is 8. The Morgan fingerprint density at radius 3 is 2.61 bits per heavy atom. The van der Waals surface area contributed by atoms with Gasteiger partial charge in [0.1, 0.15) is 21.6 Å². The van der Waals surface area contributed by atoms with Gasteiger partial charge in [0.25, 0.3) is 5.56 Å². The molecule has 7 rings (SSSR count). The summed E-state index contributed by atoms with van der Waals surface area (Å²) >= 11 is 6.15. The molecule has 17 heteroatoms. The molecule has 4 aromatic rings. The maximum Gasteiger partial charge on any atom is 0.271 e. The van der Waals surface area contributed by atoms with Crippen LogP contribution in [0.15, 0.2) is 52.5 Å². The molecule has 15 nitrogen and oxygen atoms in total. The van der Waals surface area contributed by atoms with Crippen LogP contribution < -0.4 is 26.0 Å². The number of anilines is 3. The lowest BCUT2D eigenvalue weighted by molar-refractivity contribution is -0.134. The summed E-state index contributed by atoms with van der Waals surface area (Å²) in [6.07, 6.45) is 11.2. The number of halogens is 1. The standard InChI is InChI=1S/C39H47ClN10O5S/c1-26(2)50-36-28(21-31(40)38(50)53)22-41-39(45-36)43-29-16-19-48(20-17-29)56(54,55)30-23-42-47(24-30)18-9-7-5-4-6-8-11-27-12-10-13-32-35(27)46(3)25-49(32)33-14-15-34(51)44-37(33)52/h10,12-13,21-24,26,29,33H,4-7,9,14-20,25H2,1-3H3,(H,41,43,45)(H,44,51,52). The normalized spacial score (nSPS) is 18.0. The SMILES string of the molecule is CC(C)n1c(=O)c(Cl)cc2cnc(NC3CCN(S(=O)(=O)c4cnn(CCCCCCC#Cc5cccc6c5N(C)CN6C5CCC(=O)NC5=O)c4)CC3)nc21. The highest BCUT2D eigenvalue weighted by atomic mass is 35.5. The van der Waals surface area contributed by atoms with Gasteiger partial charge in [-0.05, 0) is 64.2 Å². The molecular weight excluding hydrogens is 756 g/mol. The lowest BCUT2D eigenvalue weighted by Crippen LogP contribution is -2.53. The van der Waals surface area contributed by atoms with Gasteiger partial charge in [-0.3, -0.25) is 28.9 Å². The first-order valence-electron chi connectivity index (χ1n) is 19.2. The molecule has 0 aliphatic carbocycles. The highest BCUT2D eigenvalue weighted by molar-refractivity contribution is 7.89. The Kier molecular flexibility index (Phi) is 11.7. The highest BCUT2D eigenvalue weighted by Gasteiger charge is 2.37. The van der Waals surface area contributed by atoms with Crippen LogP contribution in [0.2, 0.25) is 5.02 Å². The van der Waals surface area contributed by atoms with E-state index in [0.29, 0.717) is 69.0 Å². The van der Waals surface area contributed by atoms with Gasteiger partial charge in [-0.25, -0.2) is 13.4 Å². The van der Waals surface area contributed by atoms with Gasteiger partial charge in [0, 0.05) is 69.4 Å². The molecule has 0 radical (unpaired) electrons. The van der Waals surface area contributed by atoms with Gasteiger partial charge in [-0.15, -0.1) is 0 Å². The van der Waals surface area contributed by atoms with E-state index >= 15 is 0 Å². The minimum absolute atomic E-state index is 0.0299. The molecule has 1 aromatic carbocycles. The van der Waals surface area contributed by atoms with E-state index in [1.165, 1.54) is 10.5 Å². The fourth-order valence-electron chi connectivity index (χ4n) is 7.69. The van der Waals surface area contributed by atoms with Crippen molar-refractivity contribution in [1.29, 1.82) is 0 Å². The number of hydrogen-bond donors (Lipinski definition) is 2. The lowest BCUT2D eigenvalue weighted by atomic mass is 10.0. The van der Waals surface area contributed by atoms with E-state index in [1.807, 2.05) is 39.1 Å². The molecule has 3 aromatic heterocycles. The Morgan fingerprint density at radius 1 is 1.05 bits per heavy atom. The van der Waals surface area contributed by atoms with E-state index in [-0.39, 0.29) is 45.4 Å². The lowest BCUT2D eigenvalue weighted by Gasteiger charge is -2.31. The summed E-state index contributed by atoms with van der Waals surface area (Å²) in [7, 11) is -1.70. The maximum absolute atomic E-state index is 13.5. The number of para-hydroxylation sites is 1. The second-order valence-corrected chi connectivity index (χ2v) is 17.3. The Bertz CT molecular complexity index is 2360. The average Bonchev–Trinajstić information content (AvgIpc) is 3.79.